The average molecular weight is 278 g/mol. The highest BCUT2D eigenvalue weighted by Gasteiger charge is 2.21. The van der Waals surface area contributed by atoms with Crippen molar-refractivity contribution in [2.45, 2.75) is 38.6 Å². The van der Waals surface area contributed by atoms with Gasteiger partial charge in [-0.3, -0.25) is 4.90 Å². The first-order valence-electron chi connectivity index (χ1n) is 7.87. The maximum Gasteiger partial charge on any atom is 0.0328 e. The van der Waals surface area contributed by atoms with Crippen LogP contribution in [-0.4, -0.2) is 42.5 Å². The third-order valence-electron chi connectivity index (χ3n) is 4.67. The van der Waals surface area contributed by atoms with E-state index in [1.807, 2.05) is 11.3 Å². The van der Waals surface area contributed by atoms with Crippen LogP contribution >= 0.6 is 11.3 Å². The first-order chi connectivity index (χ1) is 9.40. The van der Waals surface area contributed by atoms with Crippen LogP contribution in [0.5, 0.6) is 0 Å². The van der Waals surface area contributed by atoms with Crippen LogP contribution in [0.15, 0.2) is 17.5 Å². The fourth-order valence-corrected chi connectivity index (χ4v) is 4.23. The summed E-state index contributed by atoms with van der Waals surface area (Å²) in [6.45, 7) is 7.60. The highest BCUT2D eigenvalue weighted by Crippen LogP contribution is 2.25. The molecule has 2 nitrogen and oxygen atoms in total. The standard InChI is InChI=1S/C16H26N2S/c1-2-5-15(6-3-1)13-17-8-10-18(11-9-17)14-16-7-4-12-19-16/h4,7,12,15H,1-3,5-6,8-11,13-14H2. The summed E-state index contributed by atoms with van der Waals surface area (Å²) in [6.07, 6.45) is 7.39. The van der Waals surface area contributed by atoms with E-state index in [0.717, 1.165) is 12.5 Å². The van der Waals surface area contributed by atoms with Gasteiger partial charge in [0, 0.05) is 44.1 Å². The molecule has 3 heteroatoms. The Morgan fingerprint density at radius 3 is 2.42 bits per heavy atom. The Balaban J connectivity index is 1.39. The molecule has 0 radical (unpaired) electrons. The molecule has 1 aromatic heterocycles. The number of hydrogen-bond acceptors (Lipinski definition) is 3. The molecular formula is C16H26N2S. The Labute approximate surface area is 121 Å². The first kappa shape index (κ1) is 13.6. The van der Waals surface area contributed by atoms with Crippen molar-refractivity contribution in [3.63, 3.8) is 0 Å². The van der Waals surface area contributed by atoms with Crippen LogP contribution < -0.4 is 0 Å². The molecule has 1 aliphatic heterocycles. The van der Waals surface area contributed by atoms with Crippen molar-refractivity contribution < 1.29 is 0 Å². The number of piperazine rings is 1. The predicted molar refractivity (Wildman–Crippen MR) is 82.6 cm³/mol. The lowest BCUT2D eigenvalue weighted by Crippen LogP contribution is -2.47. The fraction of sp³-hybridized carbons (Fsp3) is 0.750. The molecule has 1 saturated heterocycles. The van der Waals surface area contributed by atoms with Gasteiger partial charge in [-0.2, -0.15) is 0 Å². The molecule has 0 aromatic carbocycles. The van der Waals surface area contributed by atoms with Gasteiger partial charge in [-0.15, -0.1) is 11.3 Å². The van der Waals surface area contributed by atoms with Crippen LogP contribution in [-0.2, 0) is 6.54 Å². The quantitative estimate of drug-likeness (QED) is 0.832. The number of hydrogen-bond donors (Lipinski definition) is 0. The van der Waals surface area contributed by atoms with Gasteiger partial charge in [0.1, 0.15) is 0 Å². The zero-order valence-corrected chi connectivity index (χ0v) is 12.7. The predicted octanol–water partition coefficient (Wildman–Crippen LogP) is 3.45. The van der Waals surface area contributed by atoms with E-state index in [9.17, 15) is 0 Å². The van der Waals surface area contributed by atoms with Crippen LogP contribution in [0, 0.1) is 5.92 Å². The topological polar surface area (TPSA) is 6.48 Å². The van der Waals surface area contributed by atoms with E-state index >= 15 is 0 Å². The minimum absolute atomic E-state index is 0.998. The van der Waals surface area contributed by atoms with Crippen LogP contribution in [0.25, 0.3) is 0 Å². The summed E-state index contributed by atoms with van der Waals surface area (Å²) in [5.74, 6) is 0.998. The second-order valence-corrected chi connectivity index (χ2v) is 7.19. The summed E-state index contributed by atoms with van der Waals surface area (Å²) in [6, 6.07) is 4.43. The molecule has 3 rings (SSSR count). The highest BCUT2D eigenvalue weighted by molar-refractivity contribution is 7.09. The number of thiophene rings is 1. The van der Waals surface area contributed by atoms with Crippen molar-refractivity contribution in [3.05, 3.63) is 22.4 Å². The molecule has 19 heavy (non-hydrogen) atoms. The van der Waals surface area contributed by atoms with E-state index in [-0.39, 0.29) is 0 Å². The zero-order valence-electron chi connectivity index (χ0n) is 11.9. The summed E-state index contributed by atoms with van der Waals surface area (Å²) in [5, 5.41) is 2.19. The van der Waals surface area contributed by atoms with Crippen molar-refractivity contribution in [3.8, 4) is 0 Å². The summed E-state index contributed by atoms with van der Waals surface area (Å²) in [4.78, 5) is 6.84. The SMILES string of the molecule is c1csc(CN2CCN(CC3CCCCC3)CC2)c1. The normalized spacial score (nSPS) is 23.8. The molecule has 106 valence electrons. The lowest BCUT2D eigenvalue weighted by atomic mass is 9.89. The van der Waals surface area contributed by atoms with E-state index in [1.165, 1.54) is 69.7 Å². The van der Waals surface area contributed by atoms with Gasteiger partial charge in [0.15, 0.2) is 0 Å². The maximum atomic E-state index is 2.71. The maximum absolute atomic E-state index is 2.71. The van der Waals surface area contributed by atoms with Crippen molar-refractivity contribution in [2.24, 2.45) is 5.92 Å². The van der Waals surface area contributed by atoms with Gasteiger partial charge in [0.05, 0.1) is 0 Å². The molecule has 1 aliphatic carbocycles. The van der Waals surface area contributed by atoms with Crippen molar-refractivity contribution in [1.29, 1.82) is 0 Å². The van der Waals surface area contributed by atoms with E-state index in [0.29, 0.717) is 0 Å². The van der Waals surface area contributed by atoms with Gasteiger partial charge in [-0.05, 0) is 30.2 Å². The van der Waals surface area contributed by atoms with E-state index in [1.54, 1.807) is 0 Å². The molecule has 2 fully saturated rings. The van der Waals surface area contributed by atoms with Crippen molar-refractivity contribution >= 4 is 11.3 Å². The molecule has 0 atom stereocenters. The van der Waals surface area contributed by atoms with Gasteiger partial charge >= 0.3 is 0 Å². The average Bonchev–Trinajstić information content (AvgIpc) is 2.95. The zero-order chi connectivity index (χ0) is 12.9. The Bertz CT molecular complexity index is 349. The monoisotopic (exact) mass is 278 g/mol. The van der Waals surface area contributed by atoms with Gasteiger partial charge in [-0.25, -0.2) is 0 Å². The highest BCUT2D eigenvalue weighted by atomic mass is 32.1. The van der Waals surface area contributed by atoms with Crippen LogP contribution in [0.2, 0.25) is 0 Å². The molecule has 1 aromatic rings. The molecule has 0 unspecified atom stereocenters. The Hall–Kier alpha value is -0.380. The third-order valence-corrected chi connectivity index (χ3v) is 5.53. The molecule has 2 aliphatic rings. The van der Waals surface area contributed by atoms with E-state index < -0.39 is 0 Å². The summed E-state index contributed by atoms with van der Waals surface area (Å²) in [7, 11) is 0. The Kier molecular flexibility index (Phi) is 4.91. The smallest absolute Gasteiger partial charge is 0.0328 e. The second kappa shape index (κ2) is 6.87. The van der Waals surface area contributed by atoms with Crippen LogP contribution in [0.4, 0.5) is 0 Å². The van der Waals surface area contributed by atoms with Crippen molar-refractivity contribution in [2.75, 3.05) is 32.7 Å². The lowest BCUT2D eigenvalue weighted by Gasteiger charge is -2.37. The first-order valence-corrected chi connectivity index (χ1v) is 8.75. The molecule has 0 N–H and O–H groups in total. The minimum atomic E-state index is 0.998. The lowest BCUT2D eigenvalue weighted by molar-refractivity contribution is 0.106. The largest absolute Gasteiger partial charge is 0.301 e. The molecule has 0 bridgehead atoms. The number of rotatable bonds is 4. The summed E-state index contributed by atoms with van der Waals surface area (Å²) >= 11 is 1.89. The van der Waals surface area contributed by atoms with Crippen molar-refractivity contribution in [1.82, 2.24) is 9.80 Å². The molecule has 2 heterocycles. The summed E-state index contributed by atoms with van der Waals surface area (Å²) < 4.78 is 0. The van der Waals surface area contributed by atoms with E-state index in [2.05, 4.69) is 27.3 Å². The van der Waals surface area contributed by atoms with Gasteiger partial charge in [0.25, 0.3) is 0 Å². The minimum Gasteiger partial charge on any atom is -0.301 e. The molecule has 1 saturated carbocycles. The molecule has 0 spiro atoms. The second-order valence-electron chi connectivity index (χ2n) is 6.16. The third kappa shape index (κ3) is 4.04. The van der Waals surface area contributed by atoms with Crippen LogP contribution in [0.3, 0.4) is 0 Å². The Morgan fingerprint density at radius 2 is 1.74 bits per heavy atom. The fourth-order valence-electron chi connectivity index (χ4n) is 3.49. The number of nitrogens with zero attached hydrogens (tertiary/aromatic N) is 2. The van der Waals surface area contributed by atoms with Gasteiger partial charge in [0.2, 0.25) is 0 Å². The van der Waals surface area contributed by atoms with Crippen LogP contribution in [0.1, 0.15) is 37.0 Å². The Morgan fingerprint density at radius 1 is 1.00 bits per heavy atom. The van der Waals surface area contributed by atoms with Gasteiger partial charge in [-0.1, -0.05) is 25.3 Å². The van der Waals surface area contributed by atoms with E-state index in [4.69, 9.17) is 0 Å². The molecular weight excluding hydrogens is 252 g/mol. The summed E-state index contributed by atoms with van der Waals surface area (Å²) in [5.41, 5.74) is 0. The van der Waals surface area contributed by atoms with Gasteiger partial charge < -0.3 is 4.90 Å². The molecule has 0 amide bonds.